The van der Waals surface area contributed by atoms with Crippen LogP contribution >= 0.6 is 11.8 Å². The second-order valence-electron chi connectivity index (χ2n) is 7.71. The molecule has 172 valence electrons. The smallest absolute Gasteiger partial charge is 0.267 e. The molecular formula is C26H24N4O3S. The molecule has 5 aromatic rings. The molecule has 0 aliphatic heterocycles. The van der Waals surface area contributed by atoms with Crippen LogP contribution < -0.4 is 15.0 Å². The van der Waals surface area contributed by atoms with Crippen LogP contribution in [0.1, 0.15) is 12.5 Å². The molecule has 7 nitrogen and oxygen atoms in total. The lowest BCUT2D eigenvalue weighted by Gasteiger charge is -2.11. The van der Waals surface area contributed by atoms with Crippen LogP contribution in [0, 0.1) is 6.92 Å². The van der Waals surface area contributed by atoms with Gasteiger partial charge in [-0.1, -0.05) is 41.6 Å². The van der Waals surface area contributed by atoms with E-state index in [0.717, 1.165) is 28.3 Å². The lowest BCUT2D eigenvalue weighted by molar-refractivity contribution is 0.332. The number of nitrogens with zero attached hydrogens (tertiary/aromatic N) is 4. The van der Waals surface area contributed by atoms with Crippen LogP contribution in [-0.4, -0.2) is 38.1 Å². The summed E-state index contributed by atoms with van der Waals surface area (Å²) in [5.41, 5.74) is 2.55. The maximum Gasteiger partial charge on any atom is 0.267 e. The number of rotatable bonds is 8. The Hall–Kier alpha value is -3.78. The molecule has 8 heteroatoms. The molecule has 0 spiro atoms. The zero-order valence-corrected chi connectivity index (χ0v) is 19.8. The molecule has 0 aliphatic rings. The summed E-state index contributed by atoms with van der Waals surface area (Å²) in [7, 11) is 0. The molecule has 0 aliphatic carbocycles. The summed E-state index contributed by atoms with van der Waals surface area (Å²) in [4.78, 5) is 13.4. The van der Waals surface area contributed by atoms with Crippen LogP contribution in [0.5, 0.6) is 11.5 Å². The van der Waals surface area contributed by atoms with Gasteiger partial charge in [0.15, 0.2) is 5.16 Å². The minimum atomic E-state index is -0.116. The van der Waals surface area contributed by atoms with E-state index in [1.54, 1.807) is 4.57 Å². The number of hydrogen-bond acceptors (Lipinski definition) is 6. The van der Waals surface area contributed by atoms with Crippen LogP contribution in [-0.2, 0) is 0 Å². The predicted molar refractivity (Wildman–Crippen MR) is 135 cm³/mol. The molecule has 2 heterocycles. The van der Waals surface area contributed by atoms with Gasteiger partial charge in [-0.2, -0.15) is 0 Å². The summed E-state index contributed by atoms with van der Waals surface area (Å²) in [5.74, 6) is 2.77. The molecule has 3 aromatic carbocycles. The number of fused-ring (bicyclic) bond motifs is 3. The minimum absolute atomic E-state index is 0.116. The van der Waals surface area contributed by atoms with Gasteiger partial charge in [-0.25, -0.2) is 4.57 Å². The van der Waals surface area contributed by atoms with E-state index in [-0.39, 0.29) is 5.56 Å². The zero-order valence-electron chi connectivity index (χ0n) is 19.0. The van der Waals surface area contributed by atoms with Crippen molar-refractivity contribution in [3.8, 4) is 17.2 Å². The Kier molecular flexibility index (Phi) is 6.22. The van der Waals surface area contributed by atoms with E-state index in [4.69, 9.17) is 9.47 Å². The molecule has 0 radical (unpaired) electrons. The Balaban J connectivity index is 1.43. The number of aryl methyl sites for hydroxylation is 1. The van der Waals surface area contributed by atoms with Crippen molar-refractivity contribution in [3.05, 3.63) is 88.7 Å². The first kappa shape index (κ1) is 22.0. The van der Waals surface area contributed by atoms with Gasteiger partial charge in [0, 0.05) is 5.75 Å². The molecule has 0 fully saturated rings. The van der Waals surface area contributed by atoms with Crippen molar-refractivity contribution in [1.29, 1.82) is 0 Å². The molecule has 0 atom stereocenters. The highest BCUT2D eigenvalue weighted by Crippen LogP contribution is 2.24. The molecule has 0 saturated carbocycles. The van der Waals surface area contributed by atoms with Gasteiger partial charge in [0.25, 0.3) is 5.56 Å². The molecule has 0 unspecified atom stereocenters. The molecule has 2 aromatic heterocycles. The van der Waals surface area contributed by atoms with Crippen molar-refractivity contribution < 1.29 is 9.47 Å². The second kappa shape index (κ2) is 9.61. The lowest BCUT2D eigenvalue weighted by Crippen LogP contribution is -2.21. The van der Waals surface area contributed by atoms with Gasteiger partial charge < -0.3 is 9.47 Å². The van der Waals surface area contributed by atoms with E-state index in [0.29, 0.717) is 35.3 Å². The molecule has 0 saturated heterocycles. The summed E-state index contributed by atoms with van der Waals surface area (Å²) >= 11 is 1.54. The van der Waals surface area contributed by atoms with Crippen LogP contribution in [0.4, 0.5) is 0 Å². The van der Waals surface area contributed by atoms with Crippen molar-refractivity contribution in [2.24, 2.45) is 0 Å². The van der Waals surface area contributed by atoms with E-state index in [1.165, 1.54) is 11.8 Å². The standard InChI is InChI=1S/C26H24N4O3S/c1-3-32-20-12-14-21(15-13-20)33-16-17-34-26-28-27-25-29(19-10-8-18(2)9-11-19)24(31)22-6-4-5-7-23(22)30(25)26/h4-15H,3,16-17H2,1-2H3. The van der Waals surface area contributed by atoms with Crippen LogP contribution in [0.2, 0.25) is 0 Å². The maximum atomic E-state index is 13.4. The molecule has 34 heavy (non-hydrogen) atoms. The third kappa shape index (κ3) is 4.24. The van der Waals surface area contributed by atoms with Gasteiger partial charge in [0.2, 0.25) is 5.78 Å². The van der Waals surface area contributed by atoms with Gasteiger partial charge in [-0.3, -0.25) is 9.20 Å². The summed E-state index contributed by atoms with van der Waals surface area (Å²) in [6.07, 6.45) is 0. The summed E-state index contributed by atoms with van der Waals surface area (Å²) < 4.78 is 14.9. The number of ether oxygens (including phenoxy) is 2. The number of para-hydroxylation sites is 1. The molecule has 0 N–H and O–H groups in total. The third-order valence-electron chi connectivity index (χ3n) is 5.40. The molecule has 0 amide bonds. The second-order valence-corrected chi connectivity index (χ2v) is 8.77. The van der Waals surface area contributed by atoms with E-state index in [9.17, 15) is 4.79 Å². The minimum Gasteiger partial charge on any atom is -0.494 e. The van der Waals surface area contributed by atoms with E-state index in [2.05, 4.69) is 10.2 Å². The Bertz CT molecular complexity index is 1490. The predicted octanol–water partition coefficient (Wildman–Crippen LogP) is 4.91. The fourth-order valence-electron chi connectivity index (χ4n) is 3.79. The average molecular weight is 473 g/mol. The number of hydrogen-bond donors (Lipinski definition) is 0. The summed E-state index contributed by atoms with van der Waals surface area (Å²) in [6.45, 7) is 5.11. The van der Waals surface area contributed by atoms with Crippen LogP contribution in [0.15, 0.2) is 82.7 Å². The Morgan fingerprint density at radius 2 is 1.59 bits per heavy atom. The number of benzene rings is 3. The van der Waals surface area contributed by atoms with Crippen molar-refractivity contribution in [2.75, 3.05) is 19.0 Å². The fourth-order valence-corrected chi connectivity index (χ4v) is 4.55. The SMILES string of the molecule is CCOc1ccc(OCCSc2nnc3n(-c4ccc(C)cc4)c(=O)c4ccccc4n23)cc1. The first-order valence-corrected chi connectivity index (χ1v) is 12.1. The quantitative estimate of drug-likeness (QED) is 0.236. The highest BCUT2D eigenvalue weighted by molar-refractivity contribution is 7.99. The van der Waals surface area contributed by atoms with Crippen molar-refractivity contribution >= 4 is 28.4 Å². The van der Waals surface area contributed by atoms with Crippen molar-refractivity contribution in [1.82, 2.24) is 19.2 Å². The maximum absolute atomic E-state index is 13.4. The highest BCUT2D eigenvalue weighted by Gasteiger charge is 2.17. The lowest BCUT2D eigenvalue weighted by atomic mass is 10.2. The largest absolute Gasteiger partial charge is 0.494 e. The molecular weight excluding hydrogens is 448 g/mol. The third-order valence-corrected chi connectivity index (χ3v) is 6.30. The van der Waals surface area contributed by atoms with E-state index in [1.807, 2.05) is 91.0 Å². The summed E-state index contributed by atoms with van der Waals surface area (Å²) in [6, 6.07) is 23.0. The summed E-state index contributed by atoms with van der Waals surface area (Å²) in [5, 5.41) is 10.1. The van der Waals surface area contributed by atoms with Gasteiger partial charge in [-0.05, 0) is 62.4 Å². The van der Waals surface area contributed by atoms with Crippen molar-refractivity contribution in [3.63, 3.8) is 0 Å². The van der Waals surface area contributed by atoms with Gasteiger partial charge >= 0.3 is 0 Å². The van der Waals surface area contributed by atoms with Crippen LogP contribution in [0.25, 0.3) is 22.4 Å². The number of thioether (sulfide) groups is 1. The normalized spacial score (nSPS) is 11.2. The Morgan fingerprint density at radius 3 is 2.32 bits per heavy atom. The fraction of sp³-hybridized carbons (Fsp3) is 0.192. The zero-order chi connectivity index (χ0) is 23.5. The average Bonchev–Trinajstić information content (AvgIpc) is 3.28. The van der Waals surface area contributed by atoms with Gasteiger partial charge in [0.1, 0.15) is 11.5 Å². The van der Waals surface area contributed by atoms with Crippen molar-refractivity contribution in [2.45, 2.75) is 19.0 Å². The van der Waals surface area contributed by atoms with E-state index < -0.39 is 0 Å². The monoisotopic (exact) mass is 472 g/mol. The Morgan fingerprint density at radius 1 is 0.882 bits per heavy atom. The molecule has 5 rings (SSSR count). The highest BCUT2D eigenvalue weighted by atomic mass is 32.2. The number of aromatic nitrogens is 4. The van der Waals surface area contributed by atoms with Crippen LogP contribution in [0.3, 0.4) is 0 Å². The first-order chi connectivity index (χ1) is 16.7. The van der Waals surface area contributed by atoms with Gasteiger partial charge in [-0.15, -0.1) is 10.2 Å². The van der Waals surface area contributed by atoms with E-state index >= 15 is 0 Å². The molecule has 0 bridgehead atoms. The first-order valence-electron chi connectivity index (χ1n) is 11.1. The van der Waals surface area contributed by atoms with Gasteiger partial charge in [0.05, 0.1) is 29.8 Å². The Labute approximate surface area is 201 Å². The topological polar surface area (TPSA) is 70.7 Å².